The van der Waals surface area contributed by atoms with Crippen molar-refractivity contribution in [1.29, 1.82) is 0 Å². The van der Waals surface area contributed by atoms with Crippen LogP contribution < -0.4 is 11.3 Å². The molecule has 3 N–H and O–H groups in total. The molecule has 1 heterocycles. The van der Waals surface area contributed by atoms with Crippen molar-refractivity contribution in [1.82, 2.24) is 14.8 Å². The van der Waals surface area contributed by atoms with Gasteiger partial charge in [-0.3, -0.25) is 0 Å². The molecular formula is C12H23N5. The van der Waals surface area contributed by atoms with Crippen molar-refractivity contribution in [3.63, 3.8) is 0 Å². The highest BCUT2D eigenvalue weighted by atomic mass is 15.2. The summed E-state index contributed by atoms with van der Waals surface area (Å²) in [6, 6.07) is 3.94. The van der Waals surface area contributed by atoms with Crippen LogP contribution in [0.5, 0.6) is 0 Å². The number of nitrogens with two attached hydrogens (primary N) is 1. The molecule has 0 fully saturated rings. The molecule has 5 heteroatoms. The van der Waals surface area contributed by atoms with E-state index in [-0.39, 0.29) is 0 Å². The van der Waals surface area contributed by atoms with Gasteiger partial charge in [0.05, 0.1) is 0 Å². The fourth-order valence-electron chi connectivity index (χ4n) is 1.65. The van der Waals surface area contributed by atoms with Crippen LogP contribution in [0.2, 0.25) is 0 Å². The lowest BCUT2D eigenvalue weighted by atomic mass is 10.2. The average Bonchev–Trinajstić information content (AvgIpc) is 2.29. The second kappa shape index (κ2) is 7.21. The zero-order valence-electron chi connectivity index (χ0n) is 11.0. The maximum atomic E-state index is 5.27. The van der Waals surface area contributed by atoms with Gasteiger partial charge >= 0.3 is 0 Å². The summed E-state index contributed by atoms with van der Waals surface area (Å²) in [6.07, 6.45) is 3.04. The molecule has 0 atom stereocenters. The maximum Gasteiger partial charge on any atom is 0.139 e. The van der Waals surface area contributed by atoms with E-state index < -0.39 is 0 Å². The third-order valence-corrected chi connectivity index (χ3v) is 2.57. The van der Waals surface area contributed by atoms with Crippen molar-refractivity contribution >= 4 is 5.82 Å². The zero-order chi connectivity index (χ0) is 12.7. The van der Waals surface area contributed by atoms with E-state index >= 15 is 0 Å². The summed E-state index contributed by atoms with van der Waals surface area (Å²) < 4.78 is 0. The van der Waals surface area contributed by atoms with Crippen molar-refractivity contribution in [2.45, 2.75) is 13.0 Å². The summed E-state index contributed by atoms with van der Waals surface area (Å²) >= 11 is 0. The molecule has 0 amide bonds. The summed E-state index contributed by atoms with van der Waals surface area (Å²) in [5.41, 5.74) is 3.73. The largest absolute Gasteiger partial charge is 0.309 e. The highest BCUT2D eigenvalue weighted by molar-refractivity contribution is 5.33. The Bertz CT molecular complexity index is 309. The van der Waals surface area contributed by atoms with Gasteiger partial charge in [0.15, 0.2) is 0 Å². The molecule has 0 spiro atoms. The van der Waals surface area contributed by atoms with E-state index in [1.54, 1.807) is 0 Å². The Kier molecular flexibility index (Phi) is 5.90. The molecule has 0 saturated carbocycles. The molecule has 5 nitrogen and oxygen atoms in total. The van der Waals surface area contributed by atoms with E-state index in [2.05, 4.69) is 41.4 Å². The van der Waals surface area contributed by atoms with Crippen molar-refractivity contribution in [2.24, 2.45) is 5.84 Å². The first kappa shape index (κ1) is 13.9. The van der Waals surface area contributed by atoms with Crippen molar-refractivity contribution in [3.05, 3.63) is 23.9 Å². The monoisotopic (exact) mass is 237 g/mol. The Morgan fingerprint density at radius 3 is 2.53 bits per heavy atom. The number of nitrogens with one attached hydrogen (secondary N) is 1. The first-order valence-electron chi connectivity index (χ1n) is 5.86. The topological polar surface area (TPSA) is 57.4 Å². The van der Waals surface area contributed by atoms with Crippen LogP contribution in [-0.4, -0.2) is 49.0 Å². The van der Waals surface area contributed by atoms with Gasteiger partial charge in [0.25, 0.3) is 0 Å². The average molecular weight is 237 g/mol. The Morgan fingerprint density at radius 2 is 2.00 bits per heavy atom. The molecule has 0 aromatic carbocycles. The van der Waals surface area contributed by atoms with Crippen molar-refractivity contribution in [3.8, 4) is 0 Å². The van der Waals surface area contributed by atoms with Crippen molar-refractivity contribution < 1.29 is 0 Å². The van der Waals surface area contributed by atoms with Crippen LogP contribution in [0.4, 0.5) is 5.82 Å². The van der Waals surface area contributed by atoms with Gasteiger partial charge in [-0.1, -0.05) is 6.07 Å². The van der Waals surface area contributed by atoms with Crippen LogP contribution in [0.1, 0.15) is 12.0 Å². The maximum absolute atomic E-state index is 5.27. The molecule has 0 aliphatic rings. The first-order chi connectivity index (χ1) is 8.11. The lowest BCUT2D eigenvalue weighted by Gasteiger charge is -2.18. The van der Waals surface area contributed by atoms with E-state index in [0.717, 1.165) is 19.6 Å². The Morgan fingerprint density at radius 1 is 1.24 bits per heavy atom. The Hall–Kier alpha value is -1.17. The summed E-state index contributed by atoms with van der Waals surface area (Å²) in [5, 5.41) is 0. The van der Waals surface area contributed by atoms with Gasteiger partial charge in [-0.05, 0) is 52.3 Å². The van der Waals surface area contributed by atoms with Gasteiger partial charge in [-0.2, -0.15) is 0 Å². The van der Waals surface area contributed by atoms with Gasteiger partial charge in [0, 0.05) is 12.7 Å². The van der Waals surface area contributed by atoms with E-state index in [0.29, 0.717) is 5.82 Å². The molecule has 0 radical (unpaired) electrons. The quantitative estimate of drug-likeness (QED) is 0.541. The van der Waals surface area contributed by atoms with Crippen LogP contribution in [0, 0.1) is 0 Å². The van der Waals surface area contributed by atoms with Crippen LogP contribution >= 0.6 is 0 Å². The Labute approximate surface area is 104 Å². The minimum atomic E-state index is 0.698. The third kappa shape index (κ3) is 5.63. The van der Waals surface area contributed by atoms with Crippen LogP contribution in [0.3, 0.4) is 0 Å². The fraction of sp³-hybridized carbons (Fsp3) is 0.583. The number of hydrogen-bond acceptors (Lipinski definition) is 5. The fourth-order valence-corrected chi connectivity index (χ4v) is 1.65. The number of nitrogen functional groups attached to an aromatic ring is 1. The molecule has 0 unspecified atom stereocenters. The van der Waals surface area contributed by atoms with E-state index in [9.17, 15) is 0 Å². The van der Waals surface area contributed by atoms with E-state index in [4.69, 9.17) is 5.84 Å². The smallest absolute Gasteiger partial charge is 0.139 e. The van der Waals surface area contributed by atoms with Gasteiger partial charge in [0.1, 0.15) is 5.82 Å². The van der Waals surface area contributed by atoms with Gasteiger partial charge in [0.2, 0.25) is 0 Å². The number of rotatable bonds is 7. The SMILES string of the molecule is CN(C)CCCN(C)Cc1ccc(NN)nc1. The summed E-state index contributed by atoms with van der Waals surface area (Å²) in [6.45, 7) is 3.14. The summed E-state index contributed by atoms with van der Waals surface area (Å²) in [7, 11) is 6.33. The molecular weight excluding hydrogens is 214 g/mol. The molecule has 0 bridgehead atoms. The third-order valence-electron chi connectivity index (χ3n) is 2.57. The molecule has 1 rings (SSSR count). The lowest BCUT2D eigenvalue weighted by molar-refractivity contribution is 0.294. The highest BCUT2D eigenvalue weighted by Gasteiger charge is 2.01. The molecule has 1 aromatic rings. The van der Waals surface area contributed by atoms with Crippen molar-refractivity contribution in [2.75, 3.05) is 39.7 Å². The summed E-state index contributed by atoms with van der Waals surface area (Å²) in [5.74, 6) is 5.97. The molecule has 17 heavy (non-hydrogen) atoms. The summed E-state index contributed by atoms with van der Waals surface area (Å²) in [4.78, 5) is 8.69. The molecule has 0 aliphatic carbocycles. The van der Waals surface area contributed by atoms with Gasteiger partial charge < -0.3 is 15.2 Å². The lowest BCUT2D eigenvalue weighted by Crippen LogP contribution is -2.23. The van der Waals surface area contributed by atoms with Gasteiger partial charge in [-0.25, -0.2) is 10.8 Å². The Balaban J connectivity index is 2.31. The van der Waals surface area contributed by atoms with Gasteiger partial charge in [-0.15, -0.1) is 0 Å². The number of nitrogens with zero attached hydrogens (tertiary/aromatic N) is 3. The second-order valence-corrected chi connectivity index (χ2v) is 4.59. The predicted molar refractivity (Wildman–Crippen MR) is 71.6 cm³/mol. The number of anilines is 1. The zero-order valence-corrected chi connectivity index (χ0v) is 11.0. The number of aromatic nitrogens is 1. The number of hydrogen-bond donors (Lipinski definition) is 2. The standard InChI is InChI=1S/C12H23N5/c1-16(2)7-4-8-17(3)10-11-5-6-12(15-13)14-9-11/h5-6,9H,4,7-8,10,13H2,1-3H3,(H,14,15). The minimum absolute atomic E-state index is 0.698. The van der Waals surface area contributed by atoms with E-state index in [1.807, 2.05) is 18.3 Å². The van der Waals surface area contributed by atoms with E-state index in [1.165, 1.54) is 12.0 Å². The molecule has 96 valence electrons. The minimum Gasteiger partial charge on any atom is -0.309 e. The molecule has 0 aliphatic heterocycles. The first-order valence-corrected chi connectivity index (χ1v) is 5.86. The molecule has 1 aromatic heterocycles. The highest BCUT2D eigenvalue weighted by Crippen LogP contribution is 2.06. The second-order valence-electron chi connectivity index (χ2n) is 4.59. The number of pyridine rings is 1. The number of hydrazine groups is 1. The van der Waals surface area contributed by atoms with Crippen LogP contribution in [0.15, 0.2) is 18.3 Å². The van der Waals surface area contributed by atoms with Crippen LogP contribution in [-0.2, 0) is 6.54 Å². The van der Waals surface area contributed by atoms with Crippen LogP contribution in [0.25, 0.3) is 0 Å². The normalized spacial score (nSPS) is 11.2. The molecule has 0 saturated heterocycles. The predicted octanol–water partition coefficient (Wildman–Crippen LogP) is 0.751.